The summed E-state index contributed by atoms with van der Waals surface area (Å²) in [5.41, 5.74) is 0.722. The molecular formula is C7H12N2O. The van der Waals surface area contributed by atoms with Crippen molar-refractivity contribution in [1.82, 2.24) is 0 Å². The Bertz CT molecular complexity index is 170. The number of rotatable bonds is 3. The van der Waals surface area contributed by atoms with E-state index < -0.39 is 0 Å². The van der Waals surface area contributed by atoms with Gasteiger partial charge in [-0.2, -0.15) is 0 Å². The summed E-state index contributed by atoms with van der Waals surface area (Å²) >= 11 is 0. The molecule has 0 rings (SSSR count). The Balaban J connectivity index is 4.30. The summed E-state index contributed by atoms with van der Waals surface area (Å²) in [6.07, 6.45) is 2.81. The molecule has 0 aliphatic carbocycles. The van der Waals surface area contributed by atoms with Crippen molar-refractivity contribution >= 4 is 12.1 Å². The van der Waals surface area contributed by atoms with E-state index in [0.29, 0.717) is 5.76 Å². The number of allylic oxidation sites excluding steroid dienone is 2. The fourth-order valence-electron chi connectivity index (χ4n) is 0.635. The average Bonchev–Trinajstić information content (AvgIpc) is 1.91. The Morgan fingerprint density at radius 3 is 2.50 bits per heavy atom. The topological polar surface area (TPSA) is 45.4 Å². The van der Waals surface area contributed by atoms with Crippen molar-refractivity contribution in [2.45, 2.75) is 13.8 Å². The molecule has 0 unspecified atom stereocenters. The molecule has 56 valence electrons. The van der Waals surface area contributed by atoms with Crippen molar-refractivity contribution in [2.24, 2.45) is 4.99 Å². The van der Waals surface area contributed by atoms with E-state index in [1.54, 1.807) is 14.0 Å². The zero-order chi connectivity index (χ0) is 7.98. The Labute approximate surface area is 60.9 Å². The predicted molar refractivity (Wildman–Crippen MR) is 42.7 cm³/mol. The van der Waals surface area contributed by atoms with Gasteiger partial charge in [0.15, 0.2) is 0 Å². The van der Waals surface area contributed by atoms with Gasteiger partial charge in [-0.1, -0.05) is 0 Å². The third-order valence-corrected chi connectivity index (χ3v) is 1.10. The monoisotopic (exact) mass is 140 g/mol. The zero-order valence-corrected chi connectivity index (χ0v) is 6.51. The highest BCUT2D eigenvalue weighted by molar-refractivity contribution is 5.99. The van der Waals surface area contributed by atoms with Gasteiger partial charge in [0.05, 0.1) is 12.8 Å². The number of ether oxygens (including phenoxy) is 1. The fourth-order valence-corrected chi connectivity index (χ4v) is 0.635. The Morgan fingerprint density at radius 1 is 1.60 bits per heavy atom. The molecule has 3 heteroatoms. The maximum absolute atomic E-state index is 6.68. The molecule has 0 spiro atoms. The molecule has 0 aromatic heterocycles. The van der Waals surface area contributed by atoms with E-state index in [1.807, 2.05) is 13.0 Å². The molecule has 1 N–H and O–H groups in total. The Morgan fingerprint density at radius 2 is 2.20 bits per heavy atom. The lowest BCUT2D eigenvalue weighted by Crippen LogP contribution is -1.99. The van der Waals surface area contributed by atoms with Gasteiger partial charge in [0.1, 0.15) is 12.1 Å². The molecule has 0 radical (unpaired) electrons. The minimum Gasteiger partial charge on any atom is -0.495 e. The van der Waals surface area contributed by atoms with Gasteiger partial charge >= 0.3 is 0 Å². The summed E-state index contributed by atoms with van der Waals surface area (Å²) in [6, 6.07) is 0. The maximum atomic E-state index is 6.68. The number of methoxy groups -OCH3 is 1. The van der Waals surface area contributed by atoms with E-state index in [1.165, 1.54) is 0 Å². The highest BCUT2D eigenvalue weighted by atomic mass is 16.5. The van der Waals surface area contributed by atoms with E-state index >= 15 is 0 Å². The van der Waals surface area contributed by atoms with Gasteiger partial charge in [-0.05, 0) is 19.9 Å². The molecule has 0 saturated heterocycles. The number of aliphatic imine (C=N–C) groups is 1. The summed E-state index contributed by atoms with van der Waals surface area (Å²) in [7, 11) is 1.58. The van der Waals surface area contributed by atoms with Gasteiger partial charge in [0.25, 0.3) is 0 Å². The first-order valence-corrected chi connectivity index (χ1v) is 3.00. The first kappa shape index (κ1) is 8.88. The lowest BCUT2D eigenvalue weighted by Gasteiger charge is -2.01. The average molecular weight is 140 g/mol. The first-order valence-electron chi connectivity index (χ1n) is 3.00. The summed E-state index contributed by atoms with van der Waals surface area (Å²) in [4.78, 5) is 3.73. The highest BCUT2D eigenvalue weighted by Gasteiger charge is 1.96. The third-order valence-electron chi connectivity index (χ3n) is 1.10. The molecule has 10 heavy (non-hydrogen) atoms. The molecule has 0 aliphatic rings. The summed E-state index contributed by atoms with van der Waals surface area (Å²) in [5, 5.41) is 6.68. The van der Waals surface area contributed by atoms with Gasteiger partial charge in [-0.15, -0.1) is 0 Å². The van der Waals surface area contributed by atoms with Crippen molar-refractivity contribution in [1.29, 1.82) is 5.41 Å². The van der Waals surface area contributed by atoms with Gasteiger partial charge < -0.3 is 4.74 Å². The minimum absolute atomic E-state index is 0.712. The Kier molecular flexibility index (Phi) is 4.20. The van der Waals surface area contributed by atoms with Crippen LogP contribution in [0.1, 0.15) is 13.8 Å². The van der Waals surface area contributed by atoms with Crippen molar-refractivity contribution in [3.05, 3.63) is 11.8 Å². The summed E-state index contributed by atoms with van der Waals surface area (Å²) in [5.74, 6) is 0.712. The second kappa shape index (κ2) is 4.73. The quantitative estimate of drug-likeness (QED) is 0.361. The van der Waals surface area contributed by atoms with E-state index in [9.17, 15) is 0 Å². The van der Waals surface area contributed by atoms with Gasteiger partial charge in [0.2, 0.25) is 0 Å². The van der Waals surface area contributed by atoms with Crippen molar-refractivity contribution < 1.29 is 4.74 Å². The van der Waals surface area contributed by atoms with Crippen LogP contribution in [0.5, 0.6) is 0 Å². The maximum Gasteiger partial charge on any atom is 0.135 e. The zero-order valence-electron chi connectivity index (χ0n) is 6.51. The molecule has 0 atom stereocenters. The van der Waals surface area contributed by atoms with Crippen molar-refractivity contribution in [2.75, 3.05) is 7.11 Å². The summed E-state index contributed by atoms with van der Waals surface area (Å²) < 4.78 is 4.94. The van der Waals surface area contributed by atoms with Crippen molar-refractivity contribution in [3.63, 3.8) is 0 Å². The van der Waals surface area contributed by atoms with E-state index in [4.69, 9.17) is 10.1 Å². The van der Waals surface area contributed by atoms with Crippen LogP contribution >= 0.6 is 0 Å². The van der Waals surface area contributed by atoms with Crippen LogP contribution in [0.15, 0.2) is 16.8 Å². The van der Waals surface area contributed by atoms with Crippen LogP contribution in [-0.4, -0.2) is 19.2 Å². The van der Waals surface area contributed by atoms with E-state index in [2.05, 4.69) is 4.99 Å². The molecule has 3 nitrogen and oxygen atoms in total. The van der Waals surface area contributed by atoms with Crippen molar-refractivity contribution in [3.8, 4) is 0 Å². The largest absolute Gasteiger partial charge is 0.495 e. The first-order chi connectivity index (χ1) is 4.76. The summed E-state index contributed by atoms with van der Waals surface area (Å²) in [6.45, 7) is 3.66. The molecule has 0 aliphatic heterocycles. The van der Waals surface area contributed by atoms with E-state index in [-0.39, 0.29) is 0 Å². The molecule has 0 aromatic rings. The molecule has 0 bridgehead atoms. The van der Waals surface area contributed by atoms with Gasteiger partial charge in [0, 0.05) is 0 Å². The molecule has 0 fully saturated rings. The molecule has 0 amide bonds. The second-order valence-corrected chi connectivity index (χ2v) is 1.70. The normalized spacial score (nSPS) is 13.1. The minimum atomic E-state index is 0.712. The van der Waals surface area contributed by atoms with Crippen LogP contribution in [0.4, 0.5) is 0 Å². The lowest BCUT2D eigenvalue weighted by atomic mass is 10.3. The van der Waals surface area contributed by atoms with Crippen LogP contribution in [-0.2, 0) is 4.74 Å². The SMILES string of the molecule is C/C=C(/OC)C(C)=NC=N. The smallest absolute Gasteiger partial charge is 0.135 e. The van der Waals surface area contributed by atoms with Crippen LogP contribution in [0.25, 0.3) is 0 Å². The number of nitrogens with one attached hydrogen (secondary N) is 1. The highest BCUT2D eigenvalue weighted by Crippen LogP contribution is 1.97. The van der Waals surface area contributed by atoms with Crippen LogP contribution < -0.4 is 0 Å². The fraction of sp³-hybridized carbons (Fsp3) is 0.429. The third kappa shape index (κ3) is 2.44. The number of hydrogen-bond donors (Lipinski definition) is 1. The number of hydrogen-bond acceptors (Lipinski definition) is 2. The number of nitrogens with zero attached hydrogens (tertiary/aromatic N) is 1. The Hall–Kier alpha value is -1.12. The van der Waals surface area contributed by atoms with Gasteiger partial charge in [-0.3, -0.25) is 5.41 Å². The van der Waals surface area contributed by atoms with Crippen LogP contribution in [0.3, 0.4) is 0 Å². The second-order valence-electron chi connectivity index (χ2n) is 1.70. The molecule has 0 saturated carbocycles. The predicted octanol–water partition coefficient (Wildman–Crippen LogP) is 1.60. The molecule has 0 heterocycles. The molecule has 0 aromatic carbocycles. The standard InChI is InChI=1S/C7H12N2O/c1-4-7(10-3)6(2)9-5-8/h4-5,8H,1-3H3/b7-4+,8-5?,9-6?. The van der Waals surface area contributed by atoms with Crippen LogP contribution in [0, 0.1) is 5.41 Å². The van der Waals surface area contributed by atoms with Gasteiger partial charge in [-0.25, -0.2) is 4.99 Å². The van der Waals surface area contributed by atoms with Crippen LogP contribution in [0.2, 0.25) is 0 Å². The lowest BCUT2D eigenvalue weighted by molar-refractivity contribution is 0.314. The molecular weight excluding hydrogens is 128 g/mol. The van der Waals surface area contributed by atoms with E-state index in [0.717, 1.165) is 12.1 Å².